The molecule has 2 aliphatic heterocycles. The van der Waals surface area contributed by atoms with E-state index in [0.717, 1.165) is 41.3 Å². The van der Waals surface area contributed by atoms with Gasteiger partial charge in [-0.2, -0.15) is 0 Å². The van der Waals surface area contributed by atoms with Crippen molar-refractivity contribution >= 4 is 46.9 Å². The summed E-state index contributed by atoms with van der Waals surface area (Å²) in [6.07, 6.45) is 7.00. The van der Waals surface area contributed by atoms with Crippen LogP contribution in [0.25, 0.3) is 6.08 Å². The second kappa shape index (κ2) is 12.7. The number of hydrogen-bond acceptors (Lipinski definition) is 4. The number of thioether (sulfide) groups is 1. The Morgan fingerprint density at radius 2 is 1.71 bits per heavy atom. The van der Waals surface area contributed by atoms with Gasteiger partial charge in [-0.15, -0.1) is 0 Å². The molecule has 0 bridgehead atoms. The topological polar surface area (TPSA) is 52.7 Å². The number of carbonyl (C=O) groups is 2. The molecule has 1 saturated heterocycles. The largest absolute Gasteiger partial charge is 0.351 e. The second-order valence-corrected chi connectivity index (χ2v) is 11.3. The maximum absolute atomic E-state index is 13.6. The van der Waals surface area contributed by atoms with Crippen molar-refractivity contribution in [1.82, 2.24) is 10.2 Å². The van der Waals surface area contributed by atoms with Gasteiger partial charge in [0.15, 0.2) is 0 Å². The van der Waals surface area contributed by atoms with Gasteiger partial charge in [-0.25, -0.2) is 0 Å². The zero-order valence-corrected chi connectivity index (χ0v) is 22.9. The molecule has 0 unspecified atom stereocenters. The van der Waals surface area contributed by atoms with Gasteiger partial charge in [-0.1, -0.05) is 72.6 Å². The molecule has 0 atom stereocenters. The molecule has 3 aromatic carbocycles. The average Bonchev–Trinajstić information content (AvgIpc) is 3.20. The Kier molecular flexibility index (Phi) is 8.84. The number of para-hydroxylation sites is 1. The Labute approximate surface area is 233 Å². The third kappa shape index (κ3) is 6.68. The van der Waals surface area contributed by atoms with Gasteiger partial charge in [0, 0.05) is 28.6 Å². The van der Waals surface area contributed by atoms with Crippen molar-refractivity contribution in [3.8, 4) is 0 Å². The predicted molar refractivity (Wildman–Crippen MR) is 157 cm³/mol. The van der Waals surface area contributed by atoms with Gasteiger partial charge >= 0.3 is 0 Å². The number of rotatable bonds is 7. The molecule has 0 radical (unpaired) electrons. The first-order valence-electron chi connectivity index (χ1n) is 13.2. The van der Waals surface area contributed by atoms with E-state index in [1.165, 1.54) is 37.4 Å². The van der Waals surface area contributed by atoms with E-state index in [9.17, 15) is 9.59 Å². The molecule has 1 fully saturated rings. The first kappa shape index (κ1) is 26.5. The van der Waals surface area contributed by atoms with Crippen LogP contribution in [0, 0.1) is 0 Å². The number of carbonyl (C=O) groups excluding carboxylic acids is 2. The molecule has 5 nitrogen and oxygen atoms in total. The molecular weight excluding hydrogens is 514 g/mol. The zero-order chi connectivity index (χ0) is 26.3. The number of amides is 2. The number of benzene rings is 3. The van der Waals surface area contributed by atoms with Crippen LogP contribution in [0.5, 0.6) is 0 Å². The minimum Gasteiger partial charge on any atom is -0.351 e. The Hall–Kier alpha value is -3.06. The molecule has 2 amide bonds. The van der Waals surface area contributed by atoms with Gasteiger partial charge in [-0.3, -0.25) is 9.59 Å². The number of likely N-dealkylation sites (tertiary alicyclic amines) is 1. The molecular formula is C31H32ClN3O2S. The van der Waals surface area contributed by atoms with Crippen LogP contribution in [0.1, 0.15) is 47.2 Å². The quantitative estimate of drug-likeness (QED) is 0.339. The summed E-state index contributed by atoms with van der Waals surface area (Å²) >= 11 is 7.66. The number of nitrogens with one attached hydrogen (secondary N) is 1. The maximum atomic E-state index is 13.6. The lowest BCUT2D eigenvalue weighted by Crippen LogP contribution is -2.35. The summed E-state index contributed by atoms with van der Waals surface area (Å²) in [6, 6.07) is 23.0. The SMILES string of the molecule is O=C(NCCN1CCCCCC1)c1ccc(/C=C2/Sc3ccccc3N(Cc3cccc(Cl)c3)C2=O)cc1. The van der Waals surface area contributed by atoms with Crippen LogP contribution in [-0.2, 0) is 11.3 Å². The highest BCUT2D eigenvalue weighted by Gasteiger charge is 2.29. The smallest absolute Gasteiger partial charge is 0.265 e. The lowest BCUT2D eigenvalue weighted by molar-refractivity contribution is -0.114. The van der Waals surface area contributed by atoms with Crippen LogP contribution in [0.3, 0.4) is 0 Å². The molecule has 196 valence electrons. The van der Waals surface area contributed by atoms with Crippen molar-refractivity contribution in [3.63, 3.8) is 0 Å². The van der Waals surface area contributed by atoms with Crippen molar-refractivity contribution in [2.75, 3.05) is 31.1 Å². The monoisotopic (exact) mass is 545 g/mol. The molecule has 1 N–H and O–H groups in total. The fourth-order valence-corrected chi connectivity index (χ4v) is 6.18. The van der Waals surface area contributed by atoms with E-state index in [0.29, 0.717) is 28.6 Å². The highest BCUT2D eigenvalue weighted by molar-refractivity contribution is 8.04. The van der Waals surface area contributed by atoms with E-state index in [1.54, 1.807) is 4.90 Å². The number of nitrogens with zero attached hydrogens (tertiary/aromatic N) is 2. The maximum Gasteiger partial charge on any atom is 0.265 e. The molecule has 0 saturated carbocycles. The molecule has 3 aromatic rings. The van der Waals surface area contributed by atoms with Gasteiger partial charge < -0.3 is 15.1 Å². The minimum absolute atomic E-state index is 0.0518. The standard InChI is InChI=1S/C31H32ClN3O2S/c32-26-9-7-8-24(20-26)22-35-27-10-3-4-11-28(27)38-29(31(35)37)21-23-12-14-25(15-13-23)30(36)33-16-19-34-17-5-1-2-6-18-34/h3-4,7-15,20-21H,1-2,5-6,16-19,22H2,(H,33,36)/b29-21+. The number of anilines is 1. The Morgan fingerprint density at radius 3 is 2.47 bits per heavy atom. The fraction of sp³-hybridized carbons (Fsp3) is 0.290. The first-order valence-corrected chi connectivity index (χ1v) is 14.4. The molecule has 0 aliphatic carbocycles. The van der Waals surface area contributed by atoms with Crippen LogP contribution in [0.4, 0.5) is 5.69 Å². The van der Waals surface area contributed by atoms with E-state index in [2.05, 4.69) is 10.2 Å². The summed E-state index contributed by atoms with van der Waals surface area (Å²) in [5.74, 6) is -0.118. The van der Waals surface area contributed by atoms with Gasteiger partial charge in [0.1, 0.15) is 0 Å². The molecule has 38 heavy (non-hydrogen) atoms. The third-order valence-corrected chi connectivity index (χ3v) is 8.26. The average molecular weight is 546 g/mol. The summed E-state index contributed by atoms with van der Waals surface area (Å²) in [4.78, 5) is 32.1. The minimum atomic E-state index is -0.0660. The summed E-state index contributed by atoms with van der Waals surface area (Å²) in [5, 5.41) is 3.70. The van der Waals surface area contributed by atoms with Crippen molar-refractivity contribution in [2.24, 2.45) is 0 Å². The summed E-state index contributed by atoms with van der Waals surface area (Å²) < 4.78 is 0. The number of fused-ring (bicyclic) bond motifs is 1. The summed E-state index contributed by atoms with van der Waals surface area (Å²) in [7, 11) is 0. The number of halogens is 1. The van der Waals surface area contributed by atoms with E-state index >= 15 is 0 Å². The molecule has 0 aromatic heterocycles. The zero-order valence-electron chi connectivity index (χ0n) is 21.4. The molecule has 2 heterocycles. The van der Waals surface area contributed by atoms with Crippen LogP contribution >= 0.6 is 23.4 Å². The van der Waals surface area contributed by atoms with Crippen LogP contribution in [0.2, 0.25) is 5.02 Å². The first-order chi connectivity index (χ1) is 18.6. The lowest BCUT2D eigenvalue weighted by atomic mass is 10.1. The van der Waals surface area contributed by atoms with Crippen molar-refractivity contribution in [2.45, 2.75) is 37.1 Å². The van der Waals surface area contributed by atoms with Crippen molar-refractivity contribution < 1.29 is 9.59 Å². The van der Waals surface area contributed by atoms with E-state index in [1.807, 2.05) is 78.9 Å². The Bertz CT molecular complexity index is 1320. The molecule has 7 heteroatoms. The van der Waals surface area contributed by atoms with Gasteiger partial charge in [0.05, 0.1) is 17.1 Å². The van der Waals surface area contributed by atoms with Crippen LogP contribution in [-0.4, -0.2) is 42.9 Å². The van der Waals surface area contributed by atoms with Crippen LogP contribution in [0.15, 0.2) is 82.6 Å². The molecule has 5 rings (SSSR count). The summed E-state index contributed by atoms with van der Waals surface area (Å²) in [5.41, 5.74) is 3.37. The van der Waals surface area contributed by atoms with E-state index in [4.69, 9.17) is 11.6 Å². The summed E-state index contributed by atoms with van der Waals surface area (Å²) in [6.45, 7) is 4.22. The lowest BCUT2D eigenvalue weighted by Gasteiger charge is -2.30. The Morgan fingerprint density at radius 1 is 0.947 bits per heavy atom. The Balaban J connectivity index is 1.26. The van der Waals surface area contributed by atoms with Gasteiger partial charge in [0.25, 0.3) is 11.8 Å². The highest BCUT2D eigenvalue weighted by Crippen LogP contribution is 2.42. The van der Waals surface area contributed by atoms with Gasteiger partial charge in [0.2, 0.25) is 0 Å². The normalized spacial score (nSPS) is 17.2. The second-order valence-electron chi connectivity index (χ2n) is 9.73. The highest BCUT2D eigenvalue weighted by atomic mass is 35.5. The van der Waals surface area contributed by atoms with Crippen molar-refractivity contribution in [3.05, 3.63) is 99.4 Å². The van der Waals surface area contributed by atoms with Crippen molar-refractivity contribution in [1.29, 1.82) is 0 Å². The molecule has 2 aliphatic rings. The predicted octanol–water partition coefficient (Wildman–Crippen LogP) is 6.63. The third-order valence-electron chi connectivity index (χ3n) is 6.94. The number of hydrogen-bond donors (Lipinski definition) is 1. The molecule has 0 spiro atoms. The fourth-order valence-electron chi connectivity index (χ4n) is 4.91. The van der Waals surface area contributed by atoms with E-state index < -0.39 is 0 Å². The van der Waals surface area contributed by atoms with E-state index in [-0.39, 0.29) is 11.8 Å². The van der Waals surface area contributed by atoms with Gasteiger partial charge in [-0.05, 0) is 79.5 Å². The van der Waals surface area contributed by atoms with Crippen LogP contribution < -0.4 is 10.2 Å².